The Morgan fingerprint density at radius 3 is 2.45 bits per heavy atom. The Hall–Kier alpha value is -2.84. The minimum absolute atomic E-state index is 0.0434. The summed E-state index contributed by atoms with van der Waals surface area (Å²) < 4.78 is 39.8. The molecule has 2 aromatic rings. The van der Waals surface area contributed by atoms with Gasteiger partial charge in [0.15, 0.2) is 0 Å². The van der Waals surface area contributed by atoms with Gasteiger partial charge in [-0.05, 0) is 31.2 Å². The molecule has 0 aliphatic carbocycles. The molecule has 9 heteroatoms. The molecule has 1 amide bonds. The number of hydrogen-bond donors (Lipinski definition) is 2. The number of benzene rings is 1. The molecule has 6 nitrogen and oxygen atoms in total. The van der Waals surface area contributed by atoms with E-state index >= 15 is 0 Å². The minimum Gasteiger partial charge on any atom is -0.406 e. The number of carbonyl (C=O) groups excluding carboxylic acids is 1. The van der Waals surface area contributed by atoms with Crippen LogP contribution >= 0.6 is 0 Å². The molecule has 0 bridgehead atoms. The fourth-order valence-corrected chi connectivity index (χ4v) is 1.64. The predicted octanol–water partition coefficient (Wildman–Crippen LogP) is 2.23. The van der Waals surface area contributed by atoms with Crippen molar-refractivity contribution in [2.75, 3.05) is 5.32 Å². The zero-order valence-electron chi connectivity index (χ0n) is 11.2. The summed E-state index contributed by atoms with van der Waals surface area (Å²) in [5.41, 5.74) is -0.0253. The third-order valence-corrected chi connectivity index (χ3v) is 2.47. The van der Waals surface area contributed by atoms with Crippen molar-refractivity contribution in [2.45, 2.75) is 13.3 Å². The number of nitrogens with one attached hydrogen (secondary N) is 2. The number of H-pyrrole nitrogens is 1. The summed E-state index contributed by atoms with van der Waals surface area (Å²) in [6.45, 7) is 1.61. The number of hydrogen-bond acceptors (Lipinski definition) is 4. The van der Waals surface area contributed by atoms with E-state index in [9.17, 15) is 22.8 Å². The van der Waals surface area contributed by atoms with E-state index in [1.165, 1.54) is 6.07 Å². The number of ether oxygens (including phenoxy) is 1. The smallest absolute Gasteiger partial charge is 0.406 e. The van der Waals surface area contributed by atoms with Crippen LogP contribution < -0.4 is 15.7 Å². The van der Waals surface area contributed by atoms with Crippen LogP contribution in [0.25, 0.3) is 0 Å². The molecule has 0 saturated heterocycles. The first-order valence-corrected chi connectivity index (χ1v) is 5.98. The molecule has 2 rings (SSSR count). The van der Waals surface area contributed by atoms with Gasteiger partial charge < -0.3 is 15.0 Å². The van der Waals surface area contributed by atoms with Crippen LogP contribution in [0.3, 0.4) is 0 Å². The molecule has 0 spiro atoms. The second kappa shape index (κ2) is 5.88. The Kier molecular flexibility index (Phi) is 4.15. The zero-order chi connectivity index (χ0) is 16.3. The first-order valence-electron chi connectivity index (χ1n) is 5.98. The molecule has 0 saturated carbocycles. The summed E-state index contributed by atoms with van der Waals surface area (Å²) in [5, 5.41) is 2.37. The maximum atomic E-state index is 12.0. The van der Waals surface area contributed by atoms with Crippen molar-refractivity contribution in [1.29, 1.82) is 0 Å². The largest absolute Gasteiger partial charge is 0.573 e. The number of carbonyl (C=O) groups is 1. The summed E-state index contributed by atoms with van der Waals surface area (Å²) in [7, 11) is 0. The maximum Gasteiger partial charge on any atom is 0.573 e. The van der Waals surface area contributed by atoms with Gasteiger partial charge in [0.05, 0.1) is 0 Å². The highest BCUT2D eigenvalue weighted by molar-refractivity contribution is 6.03. The Balaban J connectivity index is 2.11. The van der Waals surface area contributed by atoms with Crippen molar-refractivity contribution in [2.24, 2.45) is 0 Å². The second-order valence-corrected chi connectivity index (χ2v) is 4.28. The van der Waals surface area contributed by atoms with Crippen molar-refractivity contribution >= 4 is 11.7 Å². The molecule has 0 radical (unpaired) electrons. The average Bonchev–Trinajstić information content (AvgIpc) is 2.36. The molecule has 0 aliphatic rings. The highest BCUT2D eigenvalue weighted by atomic mass is 19.4. The number of amides is 1. The van der Waals surface area contributed by atoms with Crippen LogP contribution in [-0.4, -0.2) is 22.2 Å². The van der Waals surface area contributed by atoms with Crippen LogP contribution in [0.2, 0.25) is 0 Å². The number of anilines is 1. The lowest BCUT2D eigenvalue weighted by atomic mass is 10.2. The van der Waals surface area contributed by atoms with E-state index in [4.69, 9.17) is 0 Å². The van der Waals surface area contributed by atoms with Crippen LogP contribution in [0.5, 0.6) is 5.75 Å². The number of aryl methyl sites for hydroxylation is 1. The predicted molar refractivity (Wildman–Crippen MR) is 70.7 cm³/mol. The van der Waals surface area contributed by atoms with Crippen LogP contribution in [0.15, 0.2) is 35.1 Å². The van der Waals surface area contributed by atoms with Gasteiger partial charge in [0.1, 0.15) is 11.6 Å². The molecule has 0 fully saturated rings. The minimum atomic E-state index is -4.80. The molecule has 1 heterocycles. The third-order valence-electron chi connectivity index (χ3n) is 2.47. The Labute approximate surface area is 122 Å². The van der Waals surface area contributed by atoms with E-state index in [0.29, 0.717) is 5.69 Å². The summed E-state index contributed by atoms with van der Waals surface area (Å²) in [4.78, 5) is 29.0. The van der Waals surface area contributed by atoms with Gasteiger partial charge in [-0.25, -0.2) is 4.79 Å². The fourth-order valence-electron chi connectivity index (χ4n) is 1.64. The number of alkyl halides is 3. The van der Waals surface area contributed by atoms with Gasteiger partial charge in [0.2, 0.25) is 0 Å². The number of aromatic amines is 1. The lowest BCUT2D eigenvalue weighted by Crippen LogP contribution is -2.19. The molecule has 116 valence electrons. The van der Waals surface area contributed by atoms with Gasteiger partial charge in [0, 0.05) is 17.3 Å². The maximum absolute atomic E-state index is 12.0. The average molecular weight is 313 g/mol. The molecular weight excluding hydrogens is 303 g/mol. The van der Waals surface area contributed by atoms with Crippen LogP contribution in [-0.2, 0) is 0 Å². The normalized spacial score (nSPS) is 11.1. The molecule has 1 aromatic heterocycles. The van der Waals surface area contributed by atoms with Crippen LogP contribution in [0, 0.1) is 6.92 Å². The molecular formula is C13H10F3N3O3. The van der Waals surface area contributed by atoms with Crippen molar-refractivity contribution in [3.8, 4) is 5.75 Å². The highest BCUT2D eigenvalue weighted by Gasteiger charge is 2.31. The lowest BCUT2D eigenvalue weighted by molar-refractivity contribution is -0.274. The van der Waals surface area contributed by atoms with Gasteiger partial charge in [-0.2, -0.15) is 4.98 Å². The summed E-state index contributed by atoms with van der Waals surface area (Å²) in [5.74, 6) is -1.01. The van der Waals surface area contributed by atoms with Crippen LogP contribution in [0.1, 0.15) is 16.1 Å². The number of rotatable bonds is 3. The molecule has 1 aromatic carbocycles. The van der Waals surface area contributed by atoms with E-state index in [-0.39, 0.29) is 11.4 Å². The lowest BCUT2D eigenvalue weighted by Gasteiger charge is -2.09. The second-order valence-electron chi connectivity index (χ2n) is 4.28. The Morgan fingerprint density at radius 1 is 1.27 bits per heavy atom. The monoisotopic (exact) mass is 313 g/mol. The molecule has 0 unspecified atom stereocenters. The van der Waals surface area contributed by atoms with E-state index in [0.717, 1.165) is 24.3 Å². The van der Waals surface area contributed by atoms with Crippen molar-refractivity contribution < 1.29 is 22.7 Å². The van der Waals surface area contributed by atoms with Gasteiger partial charge in [-0.1, -0.05) is 0 Å². The summed E-state index contributed by atoms with van der Waals surface area (Å²) in [6, 6.07) is 5.80. The number of nitrogens with zero attached hydrogens (tertiary/aromatic N) is 1. The van der Waals surface area contributed by atoms with Crippen LogP contribution in [0.4, 0.5) is 19.0 Å². The van der Waals surface area contributed by atoms with E-state index in [1.807, 2.05) is 0 Å². The zero-order valence-corrected chi connectivity index (χ0v) is 11.2. The summed E-state index contributed by atoms with van der Waals surface area (Å²) >= 11 is 0. The fraction of sp³-hybridized carbons (Fsp3) is 0.154. The van der Waals surface area contributed by atoms with Crippen molar-refractivity contribution in [3.63, 3.8) is 0 Å². The van der Waals surface area contributed by atoms with Gasteiger partial charge in [0.25, 0.3) is 5.91 Å². The molecule has 0 aliphatic heterocycles. The third kappa shape index (κ3) is 4.33. The van der Waals surface area contributed by atoms with E-state index in [2.05, 4.69) is 20.0 Å². The number of aromatic nitrogens is 2. The van der Waals surface area contributed by atoms with Gasteiger partial charge in [-0.3, -0.25) is 4.79 Å². The SMILES string of the molecule is Cc1cc(NC(=O)c2ccc(OC(F)(F)F)cc2)nc(=O)[nH]1. The summed E-state index contributed by atoms with van der Waals surface area (Å²) in [6.07, 6.45) is -4.80. The van der Waals surface area contributed by atoms with Gasteiger partial charge in [-0.15, -0.1) is 13.2 Å². The van der Waals surface area contributed by atoms with Crippen molar-refractivity contribution in [1.82, 2.24) is 9.97 Å². The quantitative estimate of drug-likeness (QED) is 0.910. The highest BCUT2D eigenvalue weighted by Crippen LogP contribution is 2.22. The molecule has 0 atom stereocenters. The Bertz CT molecular complexity index is 739. The number of halogens is 3. The first kappa shape index (κ1) is 15.5. The Morgan fingerprint density at radius 2 is 1.91 bits per heavy atom. The van der Waals surface area contributed by atoms with E-state index in [1.54, 1.807) is 6.92 Å². The topological polar surface area (TPSA) is 84.1 Å². The molecule has 22 heavy (non-hydrogen) atoms. The van der Waals surface area contributed by atoms with Crippen molar-refractivity contribution in [3.05, 3.63) is 52.1 Å². The molecule has 2 N–H and O–H groups in total. The van der Waals surface area contributed by atoms with E-state index < -0.39 is 23.7 Å². The standard InChI is InChI=1S/C13H10F3N3O3/c1-7-6-10(19-12(21)17-7)18-11(20)8-2-4-9(5-3-8)22-13(14,15)16/h2-6H,1H3,(H2,17,18,19,20,21). The first-order chi connectivity index (χ1) is 10.2. The van der Waals surface area contributed by atoms with Gasteiger partial charge >= 0.3 is 12.1 Å².